The van der Waals surface area contributed by atoms with Crippen LogP contribution >= 0.6 is 0 Å². The predicted octanol–water partition coefficient (Wildman–Crippen LogP) is 3.42. The van der Waals surface area contributed by atoms with Crippen LogP contribution in [0.25, 0.3) is 0 Å². The third kappa shape index (κ3) is 5.84. The summed E-state index contributed by atoms with van der Waals surface area (Å²) >= 11 is 0. The first-order chi connectivity index (χ1) is 8.26. The summed E-state index contributed by atoms with van der Waals surface area (Å²) in [5.74, 6) is 1.28. The van der Waals surface area contributed by atoms with E-state index in [1.165, 1.54) is 0 Å². The van der Waals surface area contributed by atoms with Crippen molar-refractivity contribution in [2.75, 3.05) is 11.9 Å². The van der Waals surface area contributed by atoms with Gasteiger partial charge in [0, 0.05) is 18.3 Å². The third-order valence-corrected chi connectivity index (χ3v) is 2.35. The van der Waals surface area contributed by atoms with Gasteiger partial charge in [-0.1, -0.05) is 20.8 Å². The molecule has 0 bridgehead atoms. The van der Waals surface area contributed by atoms with E-state index in [1.807, 2.05) is 26.8 Å². The summed E-state index contributed by atoms with van der Waals surface area (Å²) in [7, 11) is 0. The summed E-state index contributed by atoms with van der Waals surface area (Å²) in [6, 6.07) is 1.86. The minimum Gasteiger partial charge on any atom is -0.475 e. The number of hydrogen-bond donors (Lipinski definition) is 1. The van der Waals surface area contributed by atoms with Crippen LogP contribution in [0, 0.1) is 12.3 Å². The number of rotatable bonds is 5. The highest BCUT2D eigenvalue weighted by Crippen LogP contribution is 2.19. The lowest BCUT2D eigenvalue weighted by atomic mass is 9.92. The van der Waals surface area contributed by atoms with Gasteiger partial charge >= 0.3 is 0 Å². The number of nitrogens with one attached hydrogen (secondary N) is 1. The summed E-state index contributed by atoms with van der Waals surface area (Å²) in [6.07, 6.45) is 1.20. The lowest BCUT2D eigenvalue weighted by Gasteiger charge is -2.18. The molecule has 0 fully saturated rings. The molecular formula is C14H25N3O. The van der Waals surface area contributed by atoms with Gasteiger partial charge in [0.2, 0.25) is 11.8 Å². The highest BCUT2D eigenvalue weighted by atomic mass is 16.5. The molecule has 0 aliphatic rings. The molecule has 0 radical (unpaired) electrons. The van der Waals surface area contributed by atoms with Crippen molar-refractivity contribution in [2.24, 2.45) is 5.41 Å². The zero-order chi connectivity index (χ0) is 13.8. The van der Waals surface area contributed by atoms with Crippen molar-refractivity contribution in [3.63, 3.8) is 0 Å². The Morgan fingerprint density at radius 3 is 2.50 bits per heavy atom. The smallest absolute Gasteiger partial charge is 0.226 e. The van der Waals surface area contributed by atoms with Crippen molar-refractivity contribution in [2.45, 2.75) is 54.1 Å². The number of anilines is 1. The molecule has 0 aliphatic heterocycles. The average Bonchev–Trinajstić information content (AvgIpc) is 2.12. The van der Waals surface area contributed by atoms with Gasteiger partial charge in [0.15, 0.2) is 0 Å². The van der Waals surface area contributed by atoms with Gasteiger partial charge in [-0.3, -0.25) is 0 Å². The molecule has 102 valence electrons. The standard InChI is InChI=1S/C14H25N3O/c1-10(2)18-12-9-11(3)16-13(17-12)15-8-7-14(4,5)6/h9-10H,7-8H2,1-6H3,(H,15,16,17). The van der Waals surface area contributed by atoms with Crippen LogP contribution in [0.3, 0.4) is 0 Å². The Labute approximate surface area is 110 Å². The second-order valence-electron chi connectivity index (χ2n) is 6.08. The Bertz CT molecular complexity index is 383. The van der Waals surface area contributed by atoms with E-state index in [2.05, 4.69) is 36.1 Å². The van der Waals surface area contributed by atoms with Crippen LogP contribution in [0.2, 0.25) is 0 Å². The van der Waals surface area contributed by atoms with Crippen LogP contribution in [-0.2, 0) is 0 Å². The number of aromatic nitrogens is 2. The van der Waals surface area contributed by atoms with E-state index in [-0.39, 0.29) is 6.10 Å². The lowest BCUT2D eigenvalue weighted by molar-refractivity contribution is 0.232. The Hall–Kier alpha value is -1.32. The van der Waals surface area contributed by atoms with Crippen molar-refractivity contribution in [1.82, 2.24) is 9.97 Å². The van der Waals surface area contributed by atoms with Gasteiger partial charge in [-0.2, -0.15) is 4.98 Å². The van der Waals surface area contributed by atoms with Crippen LogP contribution in [0.15, 0.2) is 6.07 Å². The second kappa shape index (κ2) is 6.03. The zero-order valence-corrected chi connectivity index (χ0v) is 12.4. The van der Waals surface area contributed by atoms with E-state index in [4.69, 9.17) is 4.74 Å². The molecule has 1 aromatic rings. The summed E-state index contributed by atoms with van der Waals surface area (Å²) in [4.78, 5) is 8.71. The monoisotopic (exact) mass is 251 g/mol. The van der Waals surface area contributed by atoms with Crippen LogP contribution in [-0.4, -0.2) is 22.6 Å². The van der Waals surface area contributed by atoms with Crippen molar-refractivity contribution in [1.29, 1.82) is 0 Å². The van der Waals surface area contributed by atoms with Crippen LogP contribution in [0.4, 0.5) is 5.95 Å². The number of ether oxygens (including phenoxy) is 1. The minimum atomic E-state index is 0.127. The molecule has 0 aromatic carbocycles. The molecule has 0 saturated carbocycles. The van der Waals surface area contributed by atoms with Crippen LogP contribution < -0.4 is 10.1 Å². The molecule has 0 spiro atoms. The Morgan fingerprint density at radius 2 is 1.94 bits per heavy atom. The van der Waals surface area contributed by atoms with E-state index in [0.717, 1.165) is 18.7 Å². The first-order valence-electron chi connectivity index (χ1n) is 6.52. The van der Waals surface area contributed by atoms with Crippen molar-refractivity contribution < 1.29 is 4.74 Å². The van der Waals surface area contributed by atoms with Crippen molar-refractivity contribution in [3.05, 3.63) is 11.8 Å². The molecule has 0 saturated heterocycles. The van der Waals surface area contributed by atoms with Gasteiger partial charge in [-0.25, -0.2) is 4.98 Å². The topological polar surface area (TPSA) is 47.0 Å². The first-order valence-corrected chi connectivity index (χ1v) is 6.52. The molecule has 0 atom stereocenters. The molecule has 1 N–H and O–H groups in total. The Morgan fingerprint density at radius 1 is 1.28 bits per heavy atom. The van der Waals surface area contributed by atoms with E-state index in [0.29, 0.717) is 17.2 Å². The molecule has 18 heavy (non-hydrogen) atoms. The van der Waals surface area contributed by atoms with Gasteiger partial charge in [0.05, 0.1) is 6.10 Å². The van der Waals surface area contributed by atoms with Crippen LogP contribution in [0.1, 0.15) is 46.7 Å². The number of nitrogens with zero attached hydrogens (tertiary/aromatic N) is 2. The molecule has 1 heterocycles. The summed E-state index contributed by atoms with van der Waals surface area (Å²) < 4.78 is 5.59. The van der Waals surface area contributed by atoms with Gasteiger partial charge in [-0.05, 0) is 32.6 Å². The van der Waals surface area contributed by atoms with Gasteiger partial charge in [-0.15, -0.1) is 0 Å². The molecule has 0 amide bonds. The molecule has 0 unspecified atom stereocenters. The summed E-state index contributed by atoms with van der Waals surface area (Å²) in [5, 5.41) is 3.25. The SMILES string of the molecule is Cc1cc(OC(C)C)nc(NCCC(C)(C)C)n1. The normalized spacial score (nSPS) is 11.7. The van der Waals surface area contributed by atoms with E-state index in [9.17, 15) is 0 Å². The average molecular weight is 251 g/mol. The predicted molar refractivity (Wildman–Crippen MR) is 75.1 cm³/mol. The van der Waals surface area contributed by atoms with E-state index >= 15 is 0 Å². The zero-order valence-electron chi connectivity index (χ0n) is 12.4. The molecule has 4 nitrogen and oxygen atoms in total. The van der Waals surface area contributed by atoms with Gasteiger partial charge in [0.25, 0.3) is 0 Å². The first kappa shape index (κ1) is 14.7. The van der Waals surface area contributed by atoms with Crippen molar-refractivity contribution >= 4 is 5.95 Å². The maximum absolute atomic E-state index is 5.59. The van der Waals surface area contributed by atoms with E-state index in [1.54, 1.807) is 0 Å². The fourth-order valence-electron chi connectivity index (χ4n) is 1.47. The molecular weight excluding hydrogens is 226 g/mol. The maximum atomic E-state index is 5.59. The number of hydrogen-bond acceptors (Lipinski definition) is 4. The summed E-state index contributed by atoms with van der Waals surface area (Å²) in [6.45, 7) is 13.5. The fraction of sp³-hybridized carbons (Fsp3) is 0.714. The fourth-order valence-corrected chi connectivity index (χ4v) is 1.47. The summed E-state index contributed by atoms with van der Waals surface area (Å²) in [5.41, 5.74) is 1.23. The minimum absolute atomic E-state index is 0.127. The van der Waals surface area contributed by atoms with Gasteiger partial charge in [0.1, 0.15) is 0 Å². The second-order valence-corrected chi connectivity index (χ2v) is 6.08. The highest BCUT2D eigenvalue weighted by molar-refractivity contribution is 5.30. The van der Waals surface area contributed by atoms with Gasteiger partial charge < -0.3 is 10.1 Å². The molecule has 0 aliphatic carbocycles. The molecule has 4 heteroatoms. The largest absolute Gasteiger partial charge is 0.475 e. The lowest BCUT2D eigenvalue weighted by Crippen LogP contribution is -2.15. The Balaban J connectivity index is 2.62. The Kier molecular flexibility index (Phi) is 4.93. The highest BCUT2D eigenvalue weighted by Gasteiger charge is 2.10. The van der Waals surface area contributed by atoms with Crippen molar-refractivity contribution in [3.8, 4) is 5.88 Å². The molecule has 1 aromatic heterocycles. The molecule has 1 rings (SSSR count). The van der Waals surface area contributed by atoms with E-state index < -0.39 is 0 Å². The maximum Gasteiger partial charge on any atom is 0.226 e. The number of aryl methyl sites for hydroxylation is 1. The quantitative estimate of drug-likeness (QED) is 0.871. The third-order valence-electron chi connectivity index (χ3n) is 2.35. The van der Waals surface area contributed by atoms with Crippen LogP contribution in [0.5, 0.6) is 5.88 Å².